The third kappa shape index (κ3) is 1.97. The van der Waals surface area contributed by atoms with Crippen molar-refractivity contribution in [2.24, 2.45) is 0 Å². The molecule has 0 atom stereocenters. The van der Waals surface area contributed by atoms with Gasteiger partial charge in [-0.3, -0.25) is 4.79 Å². The molecule has 0 amide bonds. The number of aromatic nitrogens is 3. The van der Waals surface area contributed by atoms with Crippen LogP contribution in [0.2, 0.25) is 0 Å². The van der Waals surface area contributed by atoms with Crippen molar-refractivity contribution in [3.05, 3.63) is 40.3 Å². The molecule has 0 fully saturated rings. The van der Waals surface area contributed by atoms with Gasteiger partial charge < -0.3 is 0 Å². The lowest BCUT2D eigenvalue weighted by Gasteiger charge is -1.99. The third-order valence-electron chi connectivity index (χ3n) is 1.96. The lowest BCUT2D eigenvalue weighted by Crippen LogP contribution is -1.97. The van der Waals surface area contributed by atoms with Crippen molar-refractivity contribution in [3.63, 3.8) is 0 Å². The Hall–Kier alpha value is -1.49. The lowest BCUT2D eigenvalue weighted by atomic mass is 10.3. The predicted octanol–water partition coefficient (Wildman–Crippen LogP) is 2.15. The monoisotopic (exact) mass is 265 g/mol. The molecule has 0 spiro atoms. The third-order valence-corrected chi connectivity index (χ3v) is 2.57. The number of halogens is 1. The summed E-state index contributed by atoms with van der Waals surface area (Å²) in [4.78, 5) is 14.8. The molecular formula is C10H8BrN3O. The van der Waals surface area contributed by atoms with Gasteiger partial charge in [-0.1, -0.05) is 0 Å². The van der Waals surface area contributed by atoms with Crippen LogP contribution in [-0.2, 0) is 0 Å². The van der Waals surface area contributed by atoms with Gasteiger partial charge in [-0.25, -0.2) is 9.67 Å². The first-order valence-corrected chi connectivity index (χ1v) is 5.13. The molecule has 0 saturated carbocycles. The Morgan fingerprint density at radius 1 is 1.53 bits per heavy atom. The summed E-state index contributed by atoms with van der Waals surface area (Å²) in [7, 11) is 0. The smallest absolute Gasteiger partial charge is 0.154 e. The van der Waals surface area contributed by atoms with E-state index in [-0.39, 0.29) is 0 Å². The zero-order valence-electron chi connectivity index (χ0n) is 8.01. The maximum Gasteiger partial charge on any atom is 0.154 e. The van der Waals surface area contributed by atoms with Crippen LogP contribution in [-0.4, -0.2) is 21.1 Å². The van der Waals surface area contributed by atoms with Crippen LogP contribution in [0.5, 0.6) is 0 Å². The molecule has 0 aliphatic rings. The minimum Gasteiger partial charge on any atom is -0.298 e. The number of nitrogens with zero attached hydrogens (tertiary/aromatic N) is 3. The Bertz CT molecular complexity index is 507. The van der Waals surface area contributed by atoms with Crippen LogP contribution in [0.25, 0.3) is 5.82 Å². The van der Waals surface area contributed by atoms with Crippen molar-refractivity contribution >= 4 is 22.2 Å². The Morgan fingerprint density at radius 3 is 2.93 bits per heavy atom. The summed E-state index contributed by atoms with van der Waals surface area (Å²) in [5.74, 6) is 0.698. The molecule has 5 heteroatoms. The van der Waals surface area contributed by atoms with Gasteiger partial charge in [0, 0.05) is 12.4 Å². The summed E-state index contributed by atoms with van der Waals surface area (Å²) in [6, 6.07) is 3.80. The van der Waals surface area contributed by atoms with Gasteiger partial charge >= 0.3 is 0 Å². The first-order chi connectivity index (χ1) is 7.20. The predicted molar refractivity (Wildman–Crippen MR) is 59.2 cm³/mol. The van der Waals surface area contributed by atoms with Gasteiger partial charge in [-0.15, -0.1) is 0 Å². The van der Waals surface area contributed by atoms with Crippen molar-refractivity contribution in [3.8, 4) is 5.82 Å². The molecule has 2 aromatic heterocycles. The first kappa shape index (κ1) is 10.0. The van der Waals surface area contributed by atoms with Crippen LogP contribution in [0.3, 0.4) is 0 Å². The van der Waals surface area contributed by atoms with E-state index >= 15 is 0 Å². The number of rotatable bonds is 2. The second-order valence-corrected chi connectivity index (χ2v) is 3.88. The average Bonchev–Trinajstić information content (AvgIpc) is 2.60. The van der Waals surface area contributed by atoms with E-state index in [0.29, 0.717) is 16.0 Å². The van der Waals surface area contributed by atoms with E-state index in [4.69, 9.17) is 0 Å². The Labute approximate surface area is 95.1 Å². The topological polar surface area (TPSA) is 47.8 Å². The average molecular weight is 266 g/mol. The lowest BCUT2D eigenvalue weighted by molar-refractivity contribution is 0.112. The van der Waals surface area contributed by atoms with Gasteiger partial charge in [0.15, 0.2) is 12.1 Å². The molecule has 2 aromatic rings. The van der Waals surface area contributed by atoms with Crippen molar-refractivity contribution in [2.75, 3.05) is 0 Å². The van der Waals surface area contributed by atoms with Gasteiger partial charge in [0.2, 0.25) is 0 Å². The van der Waals surface area contributed by atoms with Crippen molar-refractivity contribution in [2.45, 2.75) is 6.92 Å². The molecule has 2 rings (SSSR count). The van der Waals surface area contributed by atoms with Crippen molar-refractivity contribution in [1.29, 1.82) is 0 Å². The Balaban J connectivity index is 2.49. The number of aldehydes is 1. The molecule has 0 aliphatic carbocycles. The quantitative estimate of drug-likeness (QED) is 0.782. The highest BCUT2D eigenvalue weighted by Gasteiger charge is 2.06. The number of hydrogen-bond acceptors (Lipinski definition) is 3. The molecule has 0 N–H and O–H groups in total. The summed E-state index contributed by atoms with van der Waals surface area (Å²) >= 11 is 3.20. The minimum atomic E-state index is 0.512. The van der Waals surface area contributed by atoms with Gasteiger partial charge in [0.05, 0.1) is 5.56 Å². The SMILES string of the molecule is Cc1ccnc(-n2cc(C=O)c(Br)n2)c1. The first-order valence-electron chi connectivity index (χ1n) is 4.34. The van der Waals surface area contributed by atoms with Crippen LogP contribution in [0.4, 0.5) is 0 Å². The number of carbonyl (C=O) groups excluding carboxylic acids is 1. The van der Waals surface area contributed by atoms with E-state index in [0.717, 1.165) is 11.8 Å². The van der Waals surface area contributed by atoms with Crippen LogP contribution >= 0.6 is 15.9 Å². The summed E-state index contributed by atoms with van der Waals surface area (Å²) < 4.78 is 2.10. The largest absolute Gasteiger partial charge is 0.298 e. The second kappa shape index (κ2) is 3.94. The van der Waals surface area contributed by atoms with Crippen molar-refractivity contribution < 1.29 is 4.79 Å². The number of pyridine rings is 1. The molecule has 2 heterocycles. The molecular weight excluding hydrogens is 258 g/mol. The fourth-order valence-electron chi connectivity index (χ4n) is 1.21. The normalized spacial score (nSPS) is 10.3. The fraction of sp³-hybridized carbons (Fsp3) is 0.100. The molecule has 15 heavy (non-hydrogen) atoms. The molecule has 0 saturated heterocycles. The van der Waals surface area contributed by atoms with E-state index in [1.165, 1.54) is 0 Å². The zero-order valence-corrected chi connectivity index (χ0v) is 9.60. The van der Waals surface area contributed by atoms with Crippen LogP contribution in [0, 0.1) is 6.92 Å². The van der Waals surface area contributed by atoms with E-state index in [1.54, 1.807) is 17.1 Å². The molecule has 0 aromatic carbocycles. The molecule has 0 unspecified atom stereocenters. The summed E-state index contributed by atoms with van der Waals surface area (Å²) in [6.45, 7) is 1.98. The maximum atomic E-state index is 10.6. The van der Waals surface area contributed by atoms with Crippen LogP contribution in [0.1, 0.15) is 15.9 Å². The van der Waals surface area contributed by atoms with Gasteiger partial charge in [-0.05, 0) is 40.5 Å². The highest BCUT2D eigenvalue weighted by atomic mass is 79.9. The zero-order chi connectivity index (χ0) is 10.8. The maximum absolute atomic E-state index is 10.6. The number of carbonyl (C=O) groups is 1. The molecule has 4 nitrogen and oxygen atoms in total. The second-order valence-electron chi connectivity index (χ2n) is 3.13. The Morgan fingerprint density at radius 2 is 2.33 bits per heavy atom. The highest BCUT2D eigenvalue weighted by Crippen LogP contribution is 2.14. The van der Waals surface area contributed by atoms with Gasteiger partial charge in [0.1, 0.15) is 4.60 Å². The fourth-order valence-corrected chi connectivity index (χ4v) is 1.57. The van der Waals surface area contributed by atoms with Gasteiger partial charge in [0.25, 0.3) is 0 Å². The summed E-state index contributed by atoms with van der Waals surface area (Å²) in [5.41, 5.74) is 1.61. The van der Waals surface area contributed by atoms with E-state index in [1.807, 2.05) is 19.1 Å². The van der Waals surface area contributed by atoms with Crippen LogP contribution < -0.4 is 0 Å². The molecule has 0 aliphatic heterocycles. The summed E-state index contributed by atoms with van der Waals surface area (Å²) in [5, 5.41) is 4.13. The van der Waals surface area contributed by atoms with E-state index in [9.17, 15) is 4.79 Å². The van der Waals surface area contributed by atoms with Crippen LogP contribution in [0.15, 0.2) is 29.1 Å². The van der Waals surface area contributed by atoms with Crippen molar-refractivity contribution in [1.82, 2.24) is 14.8 Å². The molecule has 76 valence electrons. The van der Waals surface area contributed by atoms with E-state index in [2.05, 4.69) is 26.0 Å². The standard InChI is InChI=1S/C10H8BrN3O/c1-7-2-3-12-9(4-7)14-5-8(6-15)10(11)13-14/h2-6H,1H3. The van der Waals surface area contributed by atoms with Gasteiger partial charge in [-0.2, -0.15) is 5.10 Å². The molecule has 0 radical (unpaired) electrons. The number of aryl methyl sites for hydroxylation is 1. The highest BCUT2D eigenvalue weighted by molar-refractivity contribution is 9.10. The number of hydrogen-bond donors (Lipinski definition) is 0. The minimum absolute atomic E-state index is 0.512. The Kier molecular flexibility index (Phi) is 2.64. The molecule has 0 bridgehead atoms. The van der Waals surface area contributed by atoms with E-state index < -0.39 is 0 Å². The summed E-state index contributed by atoms with van der Waals surface area (Å²) in [6.07, 6.45) is 4.10.